The molecule has 0 saturated heterocycles. The van der Waals surface area contributed by atoms with Crippen molar-refractivity contribution in [3.05, 3.63) is 33.9 Å². The topological polar surface area (TPSA) is 55.2 Å². The van der Waals surface area contributed by atoms with Crippen molar-refractivity contribution >= 4 is 11.4 Å². The standard InChI is InChI=1S/C15H22N2O2/c1-11-7-4-3-5-9-13(11)16-14-10-6-8-12(2)15(14)17(18)19/h6,8,10-11,13,16H,3-5,7,9H2,1-2H3. The predicted molar refractivity (Wildman–Crippen MR) is 77.5 cm³/mol. The van der Waals surface area contributed by atoms with Crippen molar-refractivity contribution in [1.82, 2.24) is 0 Å². The summed E-state index contributed by atoms with van der Waals surface area (Å²) in [5.74, 6) is 0.572. The lowest BCUT2D eigenvalue weighted by atomic mass is 9.96. The average molecular weight is 262 g/mol. The summed E-state index contributed by atoms with van der Waals surface area (Å²) in [6, 6.07) is 5.84. The third-order valence-electron chi connectivity index (χ3n) is 4.12. The third-order valence-corrected chi connectivity index (χ3v) is 4.12. The van der Waals surface area contributed by atoms with Crippen LogP contribution >= 0.6 is 0 Å². The van der Waals surface area contributed by atoms with Gasteiger partial charge in [-0.05, 0) is 31.7 Å². The number of nitro benzene ring substituents is 1. The molecule has 0 bridgehead atoms. The zero-order chi connectivity index (χ0) is 13.8. The van der Waals surface area contributed by atoms with Gasteiger partial charge in [-0.2, -0.15) is 0 Å². The number of anilines is 1. The molecule has 0 heterocycles. The minimum atomic E-state index is -0.279. The highest BCUT2D eigenvalue weighted by molar-refractivity contribution is 5.65. The number of nitrogens with one attached hydrogen (secondary N) is 1. The van der Waals surface area contributed by atoms with Crippen molar-refractivity contribution in [3.63, 3.8) is 0 Å². The zero-order valence-corrected chi connectivity index (χ0v) is 11.7. The Morgan fingerprint density at radius 2 is 2.00 bits per heavy atom. The van der Waals surface area contributed by atoms with Crippen LogP contribution in [0.4, 0.5) is 11.4 Å². The minimum absolute atomic E-state index is 0.221. The first-order valence-corrected chi connectivity index (χ1v) is 7.10. The molecule has 4 nitrogen and oxygen atoms in total. The lowest BCUT2D eigenvalue weighted by molar-refractivity contribution is -0.384. The molecule has 2 unspecified atom stereocenters. The Kier molecular flexibility index (Phi) is 4.40. The molecule has 0 amide bonds. The van der Waals surface area contributed by atoms with E-state index in [2.05, 4.69) is 12.2 Å². The van der Waals surface area contributed by atoms with Crippen LogP contribution < -0.4 is 5.32 Å². The van der Waals surface area contributed by atoms with E-state index in [4.69, 9.17) is 0 Å². The molecule has 1 fully saturated rings. The Bertz CT molecular complexity index is 459. The molecular weight excluding hydrogens is 240 g/mol. The molecule has 0 spiro atoms. The Morgan fingerprint density at radius 1 is 1.26 bits per heavy atom. The first-order valence-electron chi connectivity index (χ1n) is 7.10. The van der Waals surface area contributed by atoms with Gasteiger partial charge in [-0.15, -0.1) is 0 Å². The first-order chi connectivity index (χ1) is 9.09. The van der Waals surface area contributed by atoms with Gasteiger partial charge in [-0.1, -0.05) is 38.3 Å². The lowest BCUT2D eigenvalue weighted by Crippen LogP contribution is -2.26. The summed E-state index contributed by atoms with van der Waals surface area (Å²) >= 11 is 0. The van der Waals surface area contributed by atoms with Crippen LogP contribution in [0.1, 0.15) is 44.6 Å². The van der Waals surface area contributed by atoms with Crippen molar-refractivity contribution in [3.8, 4) is 0 Å². The number of nitro groups is 1. The van der Waals surface area contributed by atoms with Crippen molar-refractivity contribution in [2.75, 3.05) is 5.32 Å². The Morgan fingerprint density at radius 3 is 2.74 bits per heavy atom. The number of para-hydroxylation sites is 1. The van der Waals surface area contributed by atoms with Gasteiger partial charge in [0.05, 0.1) is 4.92 Å². The molecule has 1 aliphatic carbocycles. The maximum absolute atomic E-state index is 11.2. The van der Waals surface area contributed by atoms with Crippen LogP contribution in [0.15, 0.2) is 18.2 Å². The zero-order valence-electron chi connectivity index (χ0n) is 11.7. The van der Waals surface area contributed by atoms with Gasteiger partial charge in [0.2, 0.25) is 0 Å². The SMILES string of the molecule is Cc1cccc(NC2CCCCCC2C)c1[N+](=O)[O-]. The molecule has 2 rings (SSSR count). The normalized spacial score (nSPS) is 23.7. The number of hydrogen-bond acceptors (Lipinski definition) is 3. The van der Waals surface area contributed by atoms with Gasteiger partial charge in [0.25, 0.3) is 5.69 Å². The summed E-state index contributed by atoms with van der Waals surface area (Å²) in [4.78, 5) is 10.9. The van der Waals surface area contributed by atoms with E-state index < -0.39 is 0 Å². The van der Waals surface area contributed by atoms with Crippen LogP contribution in [0, 0.1) is 23.0 Å². The second-order valence-corrected chi connectivity index (χ2v) is 5.59. The number of hydrogen-bond donors (Lipinski definition) is 1. The molecule has 1 aromatic carbocycles. The van der Waals surface area contributed by atoms with Crippen LogP contribution in [0.5, 0.6) is 0 Å². The average Bonchev–Trinajstić information content (AvgIpc) is 2.54. The van der Waals surface area contributed by atoms with E-state index in [9.17, 15) is 10.1 Å². The maximum atomic E-state index is 11.2. The van der Waals surface area contributed by atoms with Gasteiger partial charge in [0.15, 0.2) is 0 Å². The maximum Gasteiger partial charge on any atom is 0.295 e. The molecule has 2 atom stereocenters. The highest BCUT2D eigenvalue weighted by Crippen LogP contribution is 2.32. The molecule has 1 aliphatic rings. The second kappa shape index (κ2) is 6.04. The summed E-state index contributed by atoms with van der Waals surface area (Å²) in [7, 11) is 0. The quantitative estimate of drug-likeness (QED) is 0.502. The monoisotopic (exact) mass is 262 g/mol. The minimum Gasteiger partial charge on any atom is -0.376 e. The number of aryl methyl sites for hydroxylation is 1. The van der Waals surface area contributed by atoms with Crippen molar-refractivity contribution in [2.45, 2.75) is 52.0 Å². The van der Waals surface area contributed by atoms with Gasteiger partial charge in [0.1, 0.15) is 5.69 Å². The van der Waals surface area contributed by atoms with Gasteiger partial charge in [0, 0.05) is 11.6 Å². The highest BCUT2D eigenvalue weighted by atomic mass is 16.6. The summed E-state index contributed by atoms with van der Waals surface area (Å²) in [6.07, 6.45) is 6.07. The van der Waals surface area contributed by atoms with E-state index in [1.54, 1.807) is 13.0 Å². The molecule has 1 saturated carbocycles. The summed E-state index contributed by atoms with van der Waals surface area (Å²) in [5.41, 5.74) is 1.61. The molecule has 19 heavy (non-hydrogen) atoms. The summed E-state index contributed by atoms with van der Waals surface area (Å²) in [6.45, 7) is 4.03. The Balaban J connectivity index is 2.22. The van der Waals surface area contributed by atoms with Gasteiger partial charge >= 0.3 is 0 Å². The summed E-state index contributed by atoms with van der Waals surface area (Å²) < 4.78 is 0. The number of rotatable bonds is 3. The fourth-order valence-electron chi connectivity index (χ4n) is 2.92. The molecular formula is C15H22N2O2. The largest absolute Gasteiger partial charge is 0.376 e. The molecule has 4 heteroatoms. The van der Waals surface area contributed by atoms with E-state index >= 15 is 0 Å². The smallest absolute Gasteiger partial charge is 0.295 e. The van der Waals surface area contributed by atoms with Crippen LogP contribution in [0.3, 0.4) is 0 Å². The number of benzene rings is 1. The van der Waals surface area contributed by atoms with Gasteiger partial charge in [-0.25, -0.2) is 0 Å². The molecule has 1 N–H and O–H groups in total. The second-order valence-electron chi connectivity index (χ2n) is 5.59. The molecule has 0 radical (unpaired) electrons. The van der Waals surface area contributed by atoms with Crippen LogP contribution in [-0.4, -0.2) is 11.0 Å². The molecule has 1 aromatic rings. The first kappa shape index (κ1) is 13.8. The van der Waals surface area contributed by atoms with Crippen LogP contribution in [0.2, 0.25) is 0 Å². The number of nitrogens with zero attached hydrogens (tertiary/aromatic N) is 1. The van der Waals surface area contributed by atoms with Gasteiger partial charge < -0.3 is 5.32 Å². The fourth-order valence-corrected chi connectivity index (χ4v) is 2.92. The van der Waals surface area contributed by atoms with E-state index in [1.165, 1.54) is 25.7 Å². The molecule has 0 aliphatic heterocycles. The Hall–Kier alpha value is -1.58. The van der Waals surface area contributed by atoms with E-state index in [0.29, 0.717) is 17.6 Å². The van der Waals surface area contributed by atoms with Crippen molar-refractivity contribution < 1.29 is 4.92 Å². The molecule has 104 valence electrons. The summed E-state index contributed by atoms with van der Waals surface area (Å²) in [5, 5.41) is 14.6. The van der Waals surface area contributed by atoms with Crippen molar-refractivity contribution in [2.24, 2.45) is 5.92 Å². The van der Waals surface area contributed by atoms with Crippen LogP contribution in [-0.2, 0) is 0 Å². The fraction of sp³-hybridized carbons (Fsp3) is 0.600. The third kappa shape index (κ3) is 3.25. The van der Waals surface area contributed by atoms with E-state index in [1.807, 2.05) is 12.1 Å². The van der Waals surface area contributed by atoms with E-state index in [-0.39, 0.29) is 10.6 Å². The lowest BCUT2D eigenvalue weighted by Gasteiger charge is -2.24. The Labute approximate surface area is 114 Å². The molecule has 0 aromatic heterocycles. The van der Waals surface area contributed by atoms with Gasteiger partial charge in [-0.3, -0.25) is 10.1 Å². The van der Waals surface area contributed by atoms with Crippen molar-refractivity contribution in [1.29, 1.82) is 0 Å². The van der Waals surface area contributed by atoms with E-state index in [0.717, 1.165) is 12.0 Å². The predicted octanol–water partition coefficient (Wildman–Crippen LogP) is 4.28. The van der Waals surface area contributed by atoms with Crippen LogP contribution in [0.25, 0.3) is 0 Å². The highest BCUT2D eigenvalue weighted by Gasteiger charge is 2.23.